The van der Waals surface area contributed by atoms with Crippen molar-refractivity contribution in [3.8, 4) is 0 Å². The van der Waals surface area contributed by atoms with Crippen molar-refractivity contribution in [3.63, 3.8) is 0 Å². The number of hydroxylamine groups is 2. The summed E-state index contributed by atoms with van der Waals surface area (Å²) in [6, 6.07) is 7.78. The van der Waals surface area contributed by atoms with Crippen molar-refractivity contribution >= 4 is 30.0 Å². The van der Waals surface area contributed by atoms with Gasteiger partial charge in [-0.25, -0.2) is 14.4 Å². The van der Waals surface area contributed by atoms with Gasteiger partial charge in [-0.15, -0.1) is 0 Å². The molecule has 6 amide bonds. The Morgan fingerprint density at radius 1 is 0.889 bits per heavy atom. The van der Waals surface area contributed by atoms with Gasteiger partial charge in [0.25, 0.3) is 11.8 Å². The first-order valence-corrected chi connectivity index (χ1v) is 15.4. The van der Waals surface area contributed by atoms with Crippen LogP contribution in [0.4, 0.5) is 14.4 Å². The highest BCUT2D eigenvalue weighted by molar-refractivity contribution is 5.90. The van der Waals surface area contributed by atoms with E-state index < -0.39 is 47.3 Å². The zero-order chi connectivity index (χ0) is 32.9. The minimum atomic E-state index is -0.795. The summed E-state index contributed by atoms with van der Waals surface area (Å²) in [7, 11) is 0. The number of carbonyl (C=O) groups excluding carboxylic acids is 5. The summed E-state index contributed by atoms with van der Waals surface area (Å²) in [5.74, 6) is -1.16. The Kier molecular flexibility index (Phi) is 10.5. The van der Waals surface area contributed by atoms with Gasteiger partial charge in [-0.05, 0) is 72.8 Å². The number of hydrazine groups is 1. The van der Waals surface area contributed by atoms with E-state index in [4.69, 9.17) is 14.3 Å². The van der Waals surface area contributed by atoms with E-state index in [0.29, 0.717) is 45.3 Å². The van der Waals surface area contributed by atoms with Crippen LogP contribution in [-0.2, 0) is 30.5 Å². The molecule has 2 atom stereocenters. The van der Waals surface area contributed by atoms with E-state index in [1.807, 2.05) is 30.3 Å². The third kappa shape index (κ3) is 9.22. The summed E-state index contributed by atoms with van der Waals surface area (Å²) in [6.45, 7) is 11.5. The van der Waals surface area contributed by atoms with Gasteiger partial charge in [-0.2, -0.15) is 5.06 Å². The Morgan fingerprint density at radius 2 is 1.53 bits per heavy atom. The second kappa shape index (κ2) is 13.9. The number of hydrogen-bond acceptors (Lipinski definition) is 8. The van der Waals surface area contributed by atoms with E-state index in [-0.39, 0.29) is 25.2 Å². The summed E-state index contributed by atoms with van der Waals surface area (Å²) < 4.78 is 11.0. The molecule has 1 aromatic rings. The molecular formula is C31H46N6O8. The second-order valence-corrected chi connectivity index (χ2v) is 13.6. The van der Waals surface area contributed by atoms with Crippen LogP contribution in [0.3, 0.4) is 0 Å². The lowest BCUT2D eigenvalue weighted by molar-refractivity contribution is -0.140. The lowest BCUT2D eigenvalue weighted by Gasteiger charge is -2.39. The van der Waals surface area contributed by atoms with Gasteiger partial charge in [-0.1, -0.05) is 30.3 Å². The van der Waals surface area contributed by atoms with Crippen LogP contribution in [-0.4, -0.2) is 105 Å². The molecule has 14 nitrogen and oxygen atoms in total. The maximum atomic E-state index is 13.1. The number of piperidine rings is 2. The predicted molar refractivity (Wildman–Crippen MR) is 162 cm³/mol. The van der Waals surface area contributed by atoms with Crippen molar-refractivity contribution < 1.29 is 38.3 Å². The summed E-state index contributed by atoms with van der Waals surface area (Å²) >= 11 is 0. The fourth-order valence-corrected chi connectivity index (χ4v) is 5.55. The zero-order valence-corrected chi connectivity index (χ0v) is 27.0. The van der Waals surface area contributed by atoms with Crippen molar-refractivity contribution in [2.45, 2.75) is 103 Å². The SMILES string of the molecule is CC(C)(C)OC(=O)N1CCC(N(CC(=O)NNC(=O)C2CCC3CN2C(=O)N3OCc2ccccc2)C(=O)OC(C)(C)C)CC1. The van der Waals surface area contributed by atoms with Crippen LogP contribution in [0, 0.1) is 0 Å². The fraction of sp³-hybridized carbons (Fsp3) is 0.645. The summed E-state index contributed by atoms with van der Waals surface area (Å²) in [5.41, 5.74) is 4.32. The number of nitrogens with zero attached hydrogens (tertiary/aromatic N) is 4. The lowest BCUT2D eigenvalue weighted by Crippen LogP contribution is -2.57. The topological polar surface area (TPSA) is 150 Å². The van der Waals surface area contributed by atoms with Crippen molar-refractivity contribution in [1.29, 1.82) is 0 Å². The van der Waals surface area contributed by atoms with Crippen LogP contribution in [0.15, 0.2) is 30.3 Å². The molecule has 248 valence electrons. The molecule has 0 aliphatic carbocycles. The number of ether oxygens (including phenoxy) is 2. The molecule has 0 spiro atoms. The molecule has 0 radical (unpaired) electrons. The normalized spacial score (nSPS) is 20.5. The van der Waals surface area contributed by atoms with Crippen LogP contribution in [0.2, 0.25) is 0 Å². The number of carbonyl (C=O) groups is 5. The molecule has 14 heteroatoms. The summed E-state index contributed by atoms with van der Waals surface area (Å²) in [5, 5.41) is 1.34. The first-order valence-electron chi connectivity index (χ1n) is 15.4. The van der Waals surface area contributed by atoms with E-state index in [0.717, 1.165) is 5.56 Å². The fourth-order valence-electron chi connectivity index (χ4n) is 5.55. The molecular weight excluding hydrogens is 584 g/mol. The minimum absolute atomic E-state index is 0.163. The quantitative estimate of drug-likeness (QED) is 0.437. The summed E-state index contributed by atoms with van der Waals surface area (Å²) in [4.78, 5) is 75.0. The maximum Gasteiger partial charge on any atom is 0.411 e. The van der Waals surface area contributed by atoms with Crippen LogP contribution in [0.5, 0.6) is 0 Å². The molecule has 2 bridgehead atoms. The van der Waals surface area contributed by atoms with Gasteiger partial charge in [0.05, 0.1) is 6.04 Å². The number of fused-ring (bicyclic) bond motifs is 2. The van der Waals surface area contributed by atoms with Crippen LogP contribution < -0.4 is 10.9 Å². The van der Waals surface area contributed by atoms with Gasteiger partial charge < -0.3 is 19.3 Å². The first kappa shape index (κ1) is 33.8. The van der Waals surface area contributed by atoms with Crippen molar-refractivity contribution in [1.82, 2.24) is 30.6 Å². The molecule has 0 saturated carbocycles. The van der Waals surface area contributed by atoms with Crippen molar-refractivity contribution in [2.24, 2.45) is 0 Å². The number of amides is 6. The van der Waals surface area contributed by atoms with Gasteiger partial charge in [0, 0.05) is 25.7 Å². The van der Waals surface area contributed by atoms with Gasteiger partial charge in [0.15, 0.2) is 0 Å². The highest BCUT2D eigenvalue weighted by Gasteiger charge is 2.48. The van der Waals surface area contributed by atoms with Crippen LogP contribution in [0.1, 0.15) is 72.8 Å². The van der Waals surface area contributed by atoms with Crippen molar-refractivity contribution in [3.05, 3.63) is 35.9 Å². The first-order chi connectivity index (χ1) is 21.1. The highest BCUT2D eigenvalue weighted by Crippen LogP contribution is 2.30. The molecule has 3 saturated heterocycles. The molecule has 2 unspecified atom stereocenters. The average Bonchev–Trinajstić information content (AvgIpc) is 3.20. The molecule has 3 aliphatic rings. The molecule has 45 heavy (non-hydrogen) atoms. The molecule has 3 fully saturated rings. The minimum Gasteiger partial charge on any atom is -0.444 e. The number of nitrogens with one attached hydrogen (secondary N) is 2. The molecule has 1 aromatic carbocycles. The molecule has 2 N–H and O–H groups in total. The number of benzene rings is 1. The van der Waals surface area contributed by atoms with E-state index in [1.165, 1.54) is 14.9 Å². The lowest BCUT2D eigenvalue weighted by atomic mass is 10.0. The zero-order valence-electron chi connectivity index (χ0n) is 27.0. The van der Waals surface area contributed by atoms with Gasteiger partial charge in [0.2, 0.25) is 0 Å². The van der Waals surface area contributed by atoms with Gasteiger partial charge >= 0.3 is 18.2 Å². The largest absolute Gasteiger partial charge is 0.444 e. The molecule has 0 aromatic heterocycles. The number of urea groups is 1. The maximum absolute atomic E-state index is 13.1. The number of rotatable bonds is 7. The number of hydrogen-bond donors (Lipinski definition) is 2. The average molecular weight is 631 g/mol. The third-order valence-electron chi connectivity index (χ3n) is 7.66. The number of likely N-dealkylation sites (tertiary alicyclic amines) is 1. The summed E-state index contributed by atoms with van der Waals surface area (Å²) in [6.07, 6.45) is 0.710. The Balaban J connectivity index is 1.30. The van der Waals surface area contributed by atoms with E-state index >= 15 is 0 Å². The highest BCUT2D eigenvalue weighted by atomic mass is 16.7. The van der Waals surface area contributed by atoms with Crippen molar-refractivity contribution in [2.75, 3.05) is 26.2 Å². The Hall–Kier alpha value is -4.07. The smallest absolute Gasteiger partial charge is 0.411 e. The predicted octanol–water partition coefficient (Wildman–Crippen LogP) is 3.17. The standard InChI is InChI=1S/C31H46N6O8/c1-30(2,3)44-28(41)34-16-14-22(15-17-34)35(29(42)45-31(4,5)6)19-25(38)32-33-26(39)24-13-12-23-18-36(24)27(40)37(23)43-20-21-10-8-7-9-11-21/h7-11,22-24H,12-20H2,1-6H3,(H,32,38)(H,33,39). The third-order valence-corrected chi connectivity index (χ3v) is 7.66. The van der Waals surface area contributed by atoms with Gasteiger partial charge in [-0.3, -0.25) is 30.2 Å². The molecule has 3 heterocycles. The Bertz CT molecular complexity index is 1240. The molecule has 3 aliphatic heterocycles. The van der Waals surface area contributed by atoms with E-state index in [1.54, 1.807) is 46.4 Å². The molecule has 4 rings (SSSR count). The van der Waals surface area contributed by atoms with Crippen LogP contribution >= 0.6 is 0 Å². The van der Waals surface area contributed by atoms with Gasteiger partial charge in [0.1, 0.15) is 30.4 Å². The Morgan fingerprint density at radius 3 is 2.16 bits per heavy atom. The second-order valence-electron chi connectivity index (χ2n) is 13.6. The Labute approximate surface area is 264 Å². The monoisotopic (exact) mass is 630 g/mol. The van der Waals surface area contributed by atoms with Crippen LogP contribution in [0.25, 0.3) is 0 Å². The van der Waals surface area contributed by atoms with E-state index in [2.05, 4.69) is 10.9 Å². The van der Waals surface area contributed by atoms with E-state index in [9.17, 15) is 24.0 Å².